The summed E-state index contributed by atoms with van der Waals surface area (Å²) in [6.45, 7) is 3.10. The Kier molecular flexibility index (Phi) is 5.34. The highest BCUT2D eigenvalue weighted by molar-refractivity contribution is 7.99. The minimum Gasteiger partial charge on any atom is -0.396 e. The average molecular weight is 287 g/mol. The van der Waals surface area contributed by atoms with E-state index in [-0.39, 0.29) is 5.91 Å². The van der Waals surface area contributed by atoms with Gasteiger partial charge in [0, 0.05) is 27.7 Å². The lowest BCUT2D eigenvalue weighted by Gasteiger charge is -2.17. The van der Waals surface area contributed by atoms with Crippen LogP contribution in [0.1, 0.15) is 23.0 Å². The van der Waals surface area contributed by atoms with E-state index < -0.39 is 0 Å². The van der Waals surface area contributed by atoms with Crippen molar-refractivity contribution in [3.8, 4) is 0 Å². The molecule has 0 aliphatic rings. The molecule has 0 fully saturated rings. The fourth-order valence-corrected chi connectivity index (χ4v) is 3.88. The fraction of sp³-hybridized carbons (Fsp3) is 0.583. The molecule has 4 nitrogen and oxygen atoms in total. The maximum absolute atomic E-state index is 12.1. The number of thioether (sulfide) groups is 1. The van der Waals surface area contributed by atoms with Crippen LogP contribution >= 0.6 is 23.1 Å². The van der Waals surface area contributed by atoms with Crippen LogP contribution in [0.4, 0.5) is 10.7 Å². The second-order valence-electron chi connectivity index (χ2n) is 4.30. The van der Waals surface area contributed by atoms with Gasteiger partial charge in [0.15, 0.2) is 0 Å². The summed E-state index contributed by atoms with van der Waals surface area (Å²) in [4.78, 5) is 17.4. The van der Waals surface area contributed by atoms with Gasteiger partial charge < -0.3 is 15.5 Å². The van der Waals surface area contributed by atoms with Crippen LogP contribution in [-0.2, 0) is 0 Å². The van der Waals surface area contributed by atoms with Crippen molar-refractivity contribution in [3.05, 3.63) is 4.88 Å². The van der Waals surface area contributed by atoms with Crippen molar-refractivity contribution in [1.82, 2.24) is 4.90 Å². The Balaban J connectivity index is 3.20. The molecule has 0 bridgehead atoms. The number of nitrogens with two attached hydrogens (primary N) is 1. The van der Waals surface area contributed by atoms with E-state index in [1.807, 2.05) is 13.3 Å². The van der Waals surface area contributed by atoms with Crippen LogP contribution in [0.25, 0.3) is 0 Å². The third-order valence-electron chi connectivity index (χ3n) is 2.59. The van der Waals surface area contributed by atoms with E-state index in [0.717, 1.165) is 22.9 Å². The van der Waals surface area contributed by atoms with Crippen LogP contribution < -0.4 is 10.6 Å². The van der Waals surface area contributed by atoms with Crippen LogP contribution in [0.15, 0.2) is 4.90 Å². The Morgan fingerprint density at radius 1 is 1.39 bits per heavy atom. The Bertz CT molecular complexity index is 429. The monoisotopic (exact) mass is 287 g/mol. The average Bonchev–Trinajstić information content (AvgIpc) is 2.65. The molecule has 2 N–H and O–H groups in total. The van der Waals surface area contributed by atoms with E-state index in [4.69, 9.17) is 5.73 Å². The number of carbonyl (C=O) groups is 1. The highest BCUT2D eigenvalue weighted by atomic mass is 32.2. The number of nitrogen functional groups attached to an aromatic ring is 1. The van der Waals surface area contributed by atoms with E-state index in [0.29, 0.717) is 10.6 Å². The molecule has 102 valence electrons. The molecule has 6 heteroatoms. The summed E-state index contributed by atoms with van der Waals surface area (Å²) in [6, 6.07) is 0. The molecule has 0 aromatic carbocycles. The lowest BCUT2D eigenvalue weighted by molar-refractivity contribution is 0.0833. The summed E-state index contributed by atoms with van der Waals surface area (Å²) in [7, 11) is 5.53. The second-order valence-corrected chi connectivity index (χ2v) is 6.12. The zero-order valence-corrected chi connectivity index (χ0v) is 13.2. The molecule has 18 heavy (non-hydrogen) atoms. The van der Waals surface area contributed by atoms with Gasteiger partial charge in [-0.15, -0.1) is 23.1 Å². The lowest BCUT2D eigenvalue weighted by Crippen LogP contribution is -2.21. The maximum atomic E-state index is 12.1. The number of hydrogen-bond donors (Lipinski definition) is 1. The normalized spacial score (nSPS) is 10.5. The van der Waals surface area contributed by atoms with Gasteiger partial charge in [0.2, 0.25) is 0 Å². The standard InChI is InChI=1S/C12H21N3OS2/c1-6-7-15(4)12-10(17-5)8(13)9(18-12)11(16)14(2)3/h6-7,13H2,1-5H3. The number of nitrogens with zero attached hydrogens (tertiary/aromatic N) is 2. The molecule has 1 rings (SSSR count). The van der Waals surface area contributed by atoms with Crippen molar-refractivity contribution in [2.75, 3.05) is 44.6 Å². The molecule has 0 radical (unpaired) electrons. The topological polar surface area (TPSA) is 49.6 Å². The number of amides is 1. The summed E-state index contributed by atoms with van der Waals surface area (Å²) < 4.78 is 0. The van der Waals surface area contributed by atoms with Gasteiger partial charge in [0.05, 0.1) is 10.6 Å². The Morgan fingerprint density at radius 3 is 2.44 bits per heavy atom. The molecule has 0 saturated carbocycles. The molecule has 0 atom stereocenters. The highest BCUT2D eigenvalue weighted by Gasteiger charge is 2.23. The molecule has 0 aliphatic heterocycles. The number of hydrogen-bond acceptors (Lipinski definition) is 5. The molecule has 1 heterocycles. The first-order valence-electron chi connectivity index (χ1n) is 5.83. The molecule has 0 unspecified atom stereocenters. The van der Waals surface area contributed by atoms with E-state index in [1.165, 1.54) is 11.3 Å². The first-order valence-corrected chi connectivity index (χ1v) is 7.87. The zero-order valence-electron chi connectivity index (χ0n) is 11.6. The van der Waals surface area contributed by atoms with Crippen LogP contribution in [-0.4, -0.2) is 44.8 Å². The van der Waals surface area contributed by atoms with Gasteiger partial charge >= 0.3 is 0 Å². The van der Waals surface area contributed by atoms with Crippen molar-refractivity contribution in [2.45, 2.75) is 18.2 Å². The second kappa shape index (κ2) is 6.33. The van der Waals surface area contributed by atoms with Crippen LogP contribution in [0, 0.1) is 0 Å². The van der Waals surface area contributed by atoms with Gasteiger partial charge in [-0.1, -0.05) is 6.92 Å². The number of thiophene rings is 1. The molecular weight excluding hydrogens is 266 g/mol. The SMILES string of the molecule is CCCN(C)c1sc(C(=O)N(C)C)c(N)c1SC. The van der Waals surface area contributed by atoms with Gasteiger partial charge in [-0.2, -0.15) is 0 Å². The van der Waals surface area contributed by atoms with Gasteiger partial charge in [0.1, 0.15) is 9.88 Å². The van der Waals surface area contributed by atoms with Crippen molar-refractivity contribution >= 4 is 39.7 Å². The van der Waals surface area contributed by atoms with Gasteiger partial charge in [0.25, 0.3) is 5.91 Å². The Labute approximate surface area is 117 Å². The largest absolute Gasteiger partial charge is 0.396 e. The van der Waals surface area contributed by atoms with Crippen LogP contribution in [0.2, 0.25) is 0 Å². The summed E-state index contributed by atoms with van der Waals surface area (Å²) in [5.41, 5.74) is 6.72. The number of carbonyl (C=O) groups excluding carboxylic acids is 1. The third kappa shape index (κ3) is 2.92. The smallest absolute Gasteiger partial charge is 0.265 e. The van der Waals surface area contributed by atoms with Gasteiger partial charge in [-0.3, -0.25) is 4.79 Å². The van der Waals surface area contributed by atoms with Crippen LogP contribution in [0.5, 0.6) is 0 Å². The predicted octanol–water partition coefficient (Wildman–Crippen LogP) is 2.60. The molecular formula is C12H21N3OS2. The fourth-order valence-electron chi connectivity index (χ4n) is 1.66. The highest BCUT2D eigenvalue weighted by Crippen LogP contribution is 2.43. The van der Waals surface area contributed by atoms with Crippen LogP contribution in [0.3, 0.4) is 0 Å². The van der Waals surface area contributed by atoms with Crippen molar-refractivity contribution in [1.29, 1.82) is 0 Å². The van der Waals surface area contributed by atoms with Gasteiger partial charge in [-0.25, -0.2) is 0 Å². The summed E-state index contributed by atoms with van der Waals surface area (Å²) in [5, 5.41) is 1.09. The summed E-state index contributed by atoms with van der Waals surface area (Å²) in [6.07, 6.45) is 3.06. The minimum absolute atomic E-state index is 0.0241. The molecule has 1 aromatic rings. The van der Waals surface area contributed by atoms with E-state index >= 15 is 0 Å². The molecule has 0 aliphatic carbocycles. The Morgan fingerprint density at radius 2 is 2.00 bits per heavy atom. The Hall–Kier alpha value is -0.880. The maximum Gasteiger partial charge on any atom is 0.265 e. The molecule has 0 spiro atoms. The number of anilines is 2. The third-order valence-corrected chi connectivity index (χ3v) is 4.85. The summed E-state index contributed by atoms with van der Waals surface area (Å²) >= 11 is 3.08. The van der Waals surface area contributed by atoms with Crippen molar-refractivity contribution in [3.63, 3.8) is 0 Å². The van der Waals surface area contributed by atoms with Crippen molar-refractivity contribution in [2.24, 2.45) is 0 Å². The van der Waals surface area contributed by atoms with Crippen molar-refractivity contribution < 1.29 is 4.79 Å². The predicted molar refractivity (Wildman–Crippen MR) is 82.1 cm³/mol. The molecule has 0 saturated heterocycles. The lowest BCUT2D eigenvalue weighted by atomic mass is 10.3. The summed E-state index contributed by atoms with van der Waals surface area (Å²) in [5.74, 6) is -0.0241. The van der Waals surface area contributed by atoms with E-state index in [1.54, 1.807) is 30.8 Å². The quantitative estimate of drug-likeness (QED) is 0.846. The van der Waals surface area contributed by atoms with E-state index in [2.05, 4.69) is 11.8 Å². The number of rotatable bonds is 5. The molecule has 1 amide bonds. The molecule has 1 aromatic heterocycles. The first-order chi connectivity index (χ1) is 8.43. The zero-order chi connectivity index (χ0) is 13.9. The van der Waals surface area contributed by atoms with E-state index in [9.17, 15) is 4.79 Å². The van der Waals surface area contributed by atoms with Gasteiger partial charge in [-0.05, 0) is 12.7 Å². The minimum atomic E-state index is -0.0241. The first kappa shape index (κ1) is 15.2.